The first-order valence-electron chi connectivity index (χ1n) is 16.0. The van der Waals surface area contributed by atoms with Crippen molar-refractivity contribution in [3.8, 4) is 11.8 Å². The van der Waals surface area contributed by atoms with Gasteiger partial charge < -0.3 is 19.6 Å². The predicted molar refractivity (Wildman–Crippen MR) is 163 cm³/mol. The number of aliphatic carboxylic acids is 1. The highest BCUT2D eigenvalue weighted by Gasteiger charge is 2.45. The third kappa shape index (κ3) is 7.98. The molecule has 2 saturated heterocycles. The van der Waals surface area contributed by atoms with E-state index in [2.05, 4.69) is 11.1 Å². The van der Waals surface area contributed by atoms with E-state index in [-0.39, 0.29) is 18.9 Å². The molecule has 1 aromatic heterocycles. The van der Waals surface area contributed by atoms with Crippen LogP contribution in [-0.4, -0.2) is 70.0 Å². The number of likely N-dealkylation sites (tertiary alicyclic amines) is 2. The van der Waals surface area contributed by atoms with Crippen LogP contribution in [0.15, 0.2) is 42.7 Å². The summed E-state index contributed by atoms with van der Waals surface area (Å²) in [6.45, 7) is 3.21. The first kappa shape index (κ1) is 34.7. The Labute approximate surface area is 267 Å². The number of para-hydroxylation sites is 1. The number of piperidine rings is 2. The van der Waals surface area contributed by atoms with Crippen LogP contribution in [0.3, 0.4) is 0 Å². The van der Waals surface area contributed by atoms with Crippen LogP contribution in [0.4, 0.5) is 13.2 Å². The van der Waals surface area contributed by atoms with Crippen LogP contribution in [-0.2, 0) is 21.2 Å². The first-order chi connectivity index (χ1) is 22.0. The van der Waals surface area contributed by atoms with E-state index in [0.29, 0.717) is 83.2 Å². The van der Waals surface area contributed by atoms with Gasteiger partial charge in [0, 0.05) is 50.1 Å². The lowest BCUT2D eigenvalue weighted by Gasteiger charge is -2.44. The summed E-state index contributed by atoms with van der Waals surface area (Å²) in [6.07, 6.45) is 2.21. The van der Waals surface area contributed by atoms with Gasteiger partial charge in [0.25, 0.3) is 5.91 Å². The molecule has 248 valence electrons. The molecule has 2 aliphatic rings. The second-order valence-electron chi connectivity index (χ2n) is 12.1. The van der Waals surface area contributed by atoms with Crippen LogP contribution >= 0.6 is 0 Å². The highest BCUT2D eigenvalue weighted by molar-refractivity contribution is 5.96. The fourth-order valence-electron chi connectivity index (χ4n) is 6.73. The number of carboxylic acid groups (broad SMARTS) is 1. The van der Waals surface area contributed by atoms with Crippen LogP contribution in [0, 0.1) is 17.2 Å². The van der Waals surface area contributed by atoms with E-state index in [9.17, 15) is 32.8 Å². The molecule has 9 nitrogen and oxygen atoms in total. The number of amides is 2. The smallest absolute Gasteiger partial charge is 0.417 e. The van der Waals surface area contributed by atoms with Crippen molar-refractivity contribution in [1.29, 1.82) is 5.26 Å². The summed E-state index contributed by atoms with van der Waals surface area (Å²) < 4.78 is 47.2. The molecular formula is C34H41F3N4O5. The van der Waals surface area contributed by atoms with E-state index < -0.39 is 46.6 Å². The van der Waals surface area contributed by atoms with Gasteiger partial charge in [-0.05, 0) is 63.5 Å². The highest BCUT2D eigenvalue weighted by Crippen LogP contribution is 2.41. The maximum atomic E-state index is 14.0. The van der Waals surface area contributed by atoms with Gasteiger partial charge in [0.2, 0.25) is 5.91 Å². The average molecular weight is 643 g/mol. The largest absolute Gasteiger partial charge is 0.493 e. The average Bonchev–Trinajstić information content (AvgIpc) is 3.05. The SMILES string of the molecule is CCCC1C(C(=O)N2CCC(C#N)(c3ccccc3OCCCCCC(=O)O)CC2)CCCN1C(=O)c1cnccc1C(F)(F)F. The summed E-state index contributed by atoms with van der Waals surface area (Å²) in [5.41, 5.74) is -1.67. The summed E-state index contributed by atoms with van der Waals surface area (Å²) in [4.78, 5) is 45.2. The molecule has 46 heavy (non-hydrogen) atoms. The fourth-order valence-corrected chi connectivity index (χ4v) is 6.73. The molecule has 0 saturated carbocycles. The zero-order valence-corrected chi connectivity index (χ0v) is 26.1. The molecule has 0 spiro atoms. The van der Waals surface area contributed by atoms with Gasteiger partial charge in [-0.2, -0.15) is 18.4 Å². The number of hydrogen-bond donors (Lipinski definition) is 1. The molecule has 0 bridgehead atoms. The number of halogens is 3. The van der Waals surface area contributed by atoms with E-state index in [1.165, 1.54) is 4.90 Å². The summed E-state index contributed by atoms with van der Waals surface area (Å²) in [5, 5.41) is 19.2. The summed E-state index contributed by atoms with van der Waals surface area (Å²) in [5.74, 6) is -1.70. The number of unbranched alkanes of at least 4 members (excludes halogenated alkanes) is 2. The van der Waals surface area contributed by atoms with Crippen molar-refractivity contribution in [3.05, 3.63) is 59.4 Å². The number of nitriles is 1. The highest BCUT2D eigenvalue weighted by atomic mass is 19.4. The predicted octanol–water partition coefficient (Wildman–Crippen LogP) is 6.23. The van der Waals surface area contributed by atoms with Gasteiger partial charge in [0.05, 0.1) is 35.1 Å². The number of hydrogen-bond acceptors (Lipinski definition) is 6. The van der Waals surface area contributed by atoms with Crippen LogP contribution in [0.1, 0.15) is 92.6 Å². The zero-order chi connectivity index (χ0) is 33.3. The Morgan fingerprint density at radius 1 is 1.11 bits per heavy atom. The lowest BCUT2D eigenvalue weighted by molar-refractivity contribution is -0.141. The van der Waals surface area contributed by atoms with Gasteiger partial charge in [-0.25, -0.2) is 0 Å². The number of carbonyl (C=O) groups excluding carboxylic acids is 2. The Morgan fingerprint density at radius 3 is 2.52 bits per heavy atom. The van der Waals surface area contributed by atoms with Gasteiger partial charge in [-0.1, -0.05) is 31.5 Å². The molecule has 4 rings (SSSR count). The van der Waals surface area contributed by atoms with Gasteiger partial charge in [0.1, 0.15) is 5.75 Å². The molecule has 3 heterocycles. The van der Waals surface area contributed by atoms with Crippen molar-refractivity contribution in [2.45, 2.75) is 88.8 Å². The third-order valence-corrected chi connectivity index (χ3v) is 9.14. The molecule has 2 fully saturated rings. The summed E-state index contributed by atoms with van der Waals surface area (Å²) in [7, 11) is 0. The standard InChI is InChI=1S/C34H41F3N4O5/c1-2-9-28-24(10-8-18-41(28)32(45)25-22-39-17-14-26(25)34(35,36)37)31(44)40-19-15-33(23-38,16-20-40)27-11-5-6-12-29(27)46-21-7-3-4-13-30(42)43/h5-6,11-12,14,17,22,24,28H,2-4,7-10,13,15-16,18-21H2,1H3,(H,42,43). The Bertz CT molecular complexity index is 1420. The topological polar surface area (TPSA) is 124 Å². The second kappa shape index (κ2) is 15.4. The van der Waals surface area contributed by atoms with Gasteiger partial charge >= 0.3 is 12.1 Å². The molecule has 12 heteroatoms. The molecule has 0 radical (unpaired) electrons. The molecule has 2 aromatic rings. The summed E-state index contributed by atoms with van der Waals surface area (Å²) >= 11 is 0. The molecule has 2 aliphatic heterocycles. The quantitative estimate of drug-likeness (QED) is 0.272. The number of benzene rings is 1. The number of carbonyl (C=O) groups is 3. The Hall–Kier alpha value is -4.14. The molecule has 0 aliphatic carbocycles. The lowest BCUT2D eigenvalue weighted by Crippen LogP contribution is -2.55. The number of aromatic nitrogens is 1. The van der Waals surface area contributed by atoms with Crippen molar-refractivity contribution in [3.63, 3.8) is 0 Å². The van der Waals surface area contributed by atoms with E-state index in [4.69, 9.17) is 9.84 Å². The number of alkyl halides is 3. The van der Waals surface area contributed by atoms with E-state index in [0.717, 1.165) is 24.0 Å². The number of rotatable bonds is 12. The maximum Gasteiger partial charge on any atom is 0.417 e. The van der Waals surface area contributed by atoms with Crippen LogP contribution < -0.4 is 4.74 Å². The minimum atomic E-state index is -4.72. The van der Waals surface area contributed by atoms with E-state index in [1.54, 1.807) is 4.90 Å². The van der Waals surface area contributed by atoms with Gasteiger partial charge in [0.15, 0.2) is 0 Å². The fraction of sp³-hybridized carbons (Fsp3) is 0.559. The molecule has 1 aromatic carbocycles. The molecule has 1 N–H and O–H groups in total. The minimum Gasteiger partial charge on any atom is -0.493 e. The Balaban J connectivity index is 1.46. The van der Waals surface area contributed by atoms with Crippen molar-refractivity contribution < 1.29 is 37.4 Å². The number of carboxylic acids is 1. The zero-order valence-electron chi connectivity index (χ0n) is 26.1. The monoisotopic (exact) mass is 642 g/mol. The van der Waals surface area contributed by atoms with Crippen molar-refractivity contribution in [2.75, 3.05) is 26.2 Å². The third-order valence-electron chi connectivity index (χ3n) is 9.14. The normalized spacial score (nSPS) is 19.7. The minimum absolute atomic E-state index is 0.112. The molecule has 2 atom stereocenters. The lowest BCUT2D eigenvalue weighted by atomic mass is 9.73. The summed E-state index contributed by atoms with van der Waals surface area (Å²) in [6, 6.07) is 10.1. The van der Waals surface area contributed by atoms with Gasteiger partial charge in [-0.15, -0.1) is 0 Å². The first-order valence-corrected chi connectivity index (χ1v) is 16.0. The van der Waals surface area contributed by atoms with Crippen molar-refractivity contribution in [2.24, 2.45) is 5.92 Å². The Morgan fingerprint density at radius 2 is 1.85 bits per heavy atom. The van der Waals surface area contributed by atoms with Crippen LogP contribution in [0.25, 0.3) is 0 Å². The number of nitrogens with zero attached hydrogens (tertiary/aromatic N) is 4. The van der Waals surface area contributed by atoms with E-state index >= 15 is 0 Å². The van der Waals surface area contributed by atoms with Gasteiger partial charge in [-0.3, -0.25) is 19.4 Å². The van der Waals surface area contributed by atoms with Crippen LogP contribution in [0.2, 0.25) is 0 Å². The Kier molecular flexibility index (Phi) is 11.7. The number of ether oxygens (including phenoxy) is 1. The second-order valence-corrected chi connectivity index (χ2v) is 12.1. The molecular weight excluding hydrogens is 601 g/mol. The van der Waals surface area contributed by atoms with E-state index in [1.807, 2.05) is 31.2 Å². The maximum absolute atomic E-state index is 14.0. The molecule has 2 unspecified atom stereocenters. The van der Waals surface area contributed by atoms with Crippen molar-refractivity contribution >= 4 is 17.8 Å². The van der Waals surface area contributed by atoms with Crippen molar-refractivity contribution in [1.82, 2.24) is 14.8 Å². The number of pyridine rings is 1. The molecule has 2 amide bonds. The van der Waals surface area contributed by atoms with Crippen LogP contribution in [0.5, 0.6) is 5.75 Å².